The van der Waals surface area contributed by atoms with Gasteiger partial charge < -0.3 is 18.8 Å². The average Bonchev–Trinajstić information content (AvgIpc) is 3.00. The number of aromatic nitrogens is 1. The fourth-order valence-electron chi connectivity index (χ4n) is 3.08. The van der Waals surface area contributed by atoms with Crippen molar-refractivity contribution in [1.29, 1.82) is 0 Å². The Bertz CT molecular complexity index is 811. The first-order chi connectivity index (χ1) is 12.0. The molecule has 0 atom stereocenters. The topological polar surface area (TPSA) is 43.7 Å². The van der Waals surface area contributed by atoms with E-state index >= 15 is 0 Å². The van der Waals surface area contributed by atoms with E-state index in [2.05, 4.69) is 0 Å². The van der Waals surface area contributed by atoms with Crippen LogP contribution >= 0.6 is 0 Å². The molecule has 1 saturated heterocycles. The molecule has 0 radical (unpaired) electrons. The molecule has 2 heterocycles. The molecule has 26 heavy (non-hydrogen) atoms. The summed E-state index contributed by atoms with van der Waals surface area (Å²) in [7, 11) is 3.24. The van der Waals surface area contributed by atoms with E-state index in [4.69, 9.17) is 9.31 Å². The number of hydrogen-bond acceptors (Lipinski definition) is 3. The summed E-state index contributed by atoms with van der Waals surface area (Å²) in [6.07, 6.45) is 0. The van der Waals surface area contributed by atoms with Gasteiger partial charge in [0.15, 0.2) is 0 Å². The summed E-state index contributed by atoms with van der Waals surface area (Å²) in [6, 6.07) is 11.5. The van der Waals surface area contributed by atoms with Crippen LogP contribution in [0.25, 0.3) is 0 Å². The van der Waals surface area contributed by atoms with Gasteiger partial charge in [0.25, 0.3) is 5.91 Å². The van der Waals surface area contributed by atoms with Gasteiger partial charge in [0.05, 0.1) is 16.8 Å². The molecule has 0 aliphatic carbocycles. The molecule has 6 heteroatoms. The summed E-state index contributed by atoms with van der Waals surface area (Å²) in [5, 5.41) is 0. The van der Waals surface area contributed by atoms with Gasteiger partial charge in [0.2, 0.25) is 0 Å². The van der Waals surface area contributed by atoms with Crippen molar-refractivity contribution in [3.8, 4) is 0 Å². The number of para-hydroxylation sites is 1. The number of anilines is 1. The minimum atomic E-state index is -0.493. The standard InChI is InChI=1S/C20H27BN2O3/c1-14-16(18(24)23(7)15-11-9-8-10-12-15)13-17(22(14)6)21-25-19(2,3)20(4,5)26-21/h8-13H,1-7H3. The quantitative estimate of drug-likeness (QED) is 0.796. The zero-order chi connectivity index (χ0) is 19.3. The Labute approximate surface area is 156 Å². The summed E-state index contributed by atoms with van der Waals surface area (Å²) < 4.78 is 14.3. The fraction of sp³-hybridized carbons (Fsp3) is 0.450. The smallest absolute Gasteiger partial charge is 0.398 e. The van der Waals surface area contributed by atoms with Crippen LogP contribution in [0.5, 0.6) is 0 Å². The molecule has 138 valence electrons. The summed E-state index contributed by atoms with van der Waals surface area (Å²) >= 11 is 0. The first-order valence-electron chi connectivity index (χ1n) is 8.90. The van der Waals surface area contributed by atoms with Crippen LogP contribution in [0.2, 0.25) is 0 Å². The zero-order valence-corrected chi connectivity index (χ0v) is 16.7. The molecular weight excluding hydrogens is 327 g/mol. The molecule has 1 fully saturated rings. The lowest BCUT2D eigenvalue weighted by molar-refractivity contribution is 0.00578. The normalized spacial score (nSPS) is 18.2. The number of hydrogen-bond donors (Lipinski definition) is 0. The second-order valence-corrected chi connectivity index (χ2v) is 7.92. The molecule has 0 saturated carbocycles. The Balaban J connectivity index is 1.92. The Morgan fingerprint density at radius 2 is 1.62 bits per heavy atom. The molecule has 2 aromatic rings. The third-order valence-corrected chi connectivity index (χ3v) is 5.75. The molecule has 0 unspecified atom stereocenters. The van der Waals surface area contributed by atoms with Gasteiger partial charge in [-0.05, 0) is 52.8 Å². The van der Waals surface area contributed by atoms with E-state index in [9.17, 15) is 4.79 Å². The van der Waals surface area contributed by atoms with Crippen molar-refractivity contribution >= 4 is 24.3 Å². The van der Waals surface area contributed by atoms with Gasteiger partial charge >= 0.3 is 7.12 Å². The number of carbonyl (C=O) groups excluding carboxylic acids is 1. The Hall–Kier alpha value is -2.05. The first kappa shape index (κ1) is 18.7. The highest BCUT2D eigenvalue weighted by atomic mass is 16.7. The maximum Gasteiger partial charge on any atom is 0.512 e. The van der Waals surface area contributed by atoms with E-state index in [0.717, 1.165) is 17.0 Å². The van der Waals surface area contributed by atoms with Crippen molar-refractivity contribution in [3.63, 3.8) is 0 Å². The van der Waals surface area contributed by atoms with Crippen LogP contribution in [0.15, 0.2) is 36.4 Å². The number of rotatable bonds is 3. The third kappa shape index (κ3) is 2.97. The summed E-state index contributed by atoms with van der Waals surface area (Å²) in [5.74, 6) is -0.0490. The van der Waals surface area contributed by atoms with Crippen LogP contribution in [0.4, 0.5) is 5.69 Å². The van der Waals surface area contributed by atoms with Crippen LogP contribution < -0.4 is 10.5 Å². The van der Waals surface area contributed by atoms with E-state index in [1.54, 1.807) is 11.9 Å². The van der Waals surface area contributed by atoms with Gasteiger partial charge in [-0.3, -0.25) is 4.79 Å². The minimum Gasteiger partial charge on any atom is -0.398 e. The van der Waals surface area contributed by atoms with Crippen LogP contribution in [-0.4, -0.2) is 35.8 Å². The lowest BCUT2D eigenvalue weighted by Gasteiger charge is -2.32. The van der Waals surface area contributed by atoms with Crippen LogP contribution in [0.1, 0.15) is 43.7 Å². The number of carbonyl (C=O) groups is 1. The molecule has 1 aromatic heterocycles. The van der Waals surface area contributed by atoms with Crippen molar-refractivity contribution in [2.45, 2.75) is 45.8 Å². The van der Waals surface area contributed by atoms with Gasteiger partial charge in [0, 0.05) is 31.1 Å². The highest BCUT2D eigenvalue weighted by Crippen LogP contribution is 2.36. The molecule has 5 nitrogen and oxygen atoms in total. The summed E-state index contributed by atoms with van der Waals surface area (Å²) in [4.78, 5) is 14.7. The van der Waals surface area contributed by atoms with E-state index in [0.29, 0.717) is 5.56 Å². The van der Waals surface area contributed by atoms with E-state index in [-0.39, 0.29) is 5.91 Å². The Kier molecular flexibility index (Phi) is 4.53. The van der Waals surface area contributed by atoms with Crippen LogP contribution in [-0.2, 0) is 16.4 Å². The number of amides is 1. The maximum absolute atomic E-state index is 13.0. The maximum atomic E-state index is 13.0. The molecule has 1 aliphatic heterocycles. The predicted octanol–water partition coefficient (Wildman–Crippen LogP) is 2.91. The second-order valence-electron chi connectivity index (χ2n) is 7.92. The van der Waals surface area contributed by atoms with Crippen molar-refractivity contribution in [1.82, 2.24) is 4.57 Å². The molecule has 0 N–H and O–H groups in total. The van der Waals surface area contributed by atoms with Crippen molar-refractivity contribution in [2.24, 2.45) is 7.05 Å². The number of benzene rings is 1. The molecule has 0 spiro atoms. The monoisotopic (exact) mass is 354 g/mol. The summed E-state index contributed by atoms with van der Waals surface area (Å²) in [6.45, 7) is 10.0. The largest absolute Gasteiger partial charge is 0.512 e. The molecule has 1 amide bonds. The fourth-order valence-corrected chi connectivity index (χ4v) is 3.08. The average molecular weight is 354 g/mol. The minimum absolute atomic E-state index is 0.0490. The lowest BCUT2D eigenvalue weighted by atomic mass is 9.84. The van der Waals surface area contributed by atoms with Crippen molar-refractivity contribution in [2.75, 3.05) is 11.9 Å². The van der Waals surface area contributed by atoms with Crippen molar-refractivity contribution < 1.29 is 14.1 Å². The Morgan fingerprint density at radius 3 is 2.15 bits per heavy atom. The van der Waals surface area contributed by atoms with Crippen LogP contribution in [0.3, 0.4) is 0 Å². The van der Waals surface area contributed by atoms with Gasteiger partial charge in [-0.1, -0.05) is 18.2 Å². The van der Waals surface area contributed by atoms with E-state index < -0.39 is 18.3 Å². The van der Waals surface area contributed by atoms with Crippen molar-refractivity contribution in [3.05, 3.63) is 47.7 Å². The van der Waals surface area contributed by atoms with E-state index in [1.165, 1.54) is 0 Å². The summed E-state index contributed by atoms with van der Waals surface area (Å²) in [5.41, 5.74) is 2.43. The van der Waals surface area contributed by atoms with Gasteiger partial charge in [-0.15, -0.1) is 0 Å². The molecule has 1 aromatic carbocycles. The molecular formula is C20H27BN2O3. The van der Waals surface area contributed by atoms with Gasteiger partial charge in [-0.2, -0.15) is 0 Å². The number of nitrogens with zero attached hydrogens (tertiary/aromatic N) is 2. The highest BCUT2D eigenvalue weighted by molar-refractivity contribution is 6.61. The van der Waals surface area contributed by atoms with Gasteiger partial charge in [0.1, 0.15) is 0 Å². The first-order valence-corrected chi connectivity index (χ1v) is 8.90. The molecule has 0 bridgehead atoms. The predicted molar refractivity (Wildman–Crippen MR) is 105 cm³/mol. The zero-order valence-electron chi connectivity index (χ0n) is 16.7. The second kappa shape index (κ2) is 6.29. The van der Waals surface area contributed by atoms with E-state index in [1.807, 2.05) is 82.6 Å². The van der Waals surface area contributed by atoms with Gasteiger partial charge in [-0.25, -0.2) is 0 Å². The highest BCUT2D eigenvalue weighted by Gasteiger charge is 2.52. The Morgan fingerprint density at radius 1 is 1.08 bits per heavy atom. The van der Waals surface area contributed by atoms with Crippen LogP contribution in [0, 0.1) is 6.92 Å². The molecule has 3 rings (SSSR count). The third-order valence-electron chi connectivity index (χ3n) is 5.75. The lowest BCUT2D eigenvalue weighted by Crippen LogP contribution is -2.41. The molecule has 1 aliphatic rings. The SMILES string of the molecule is Cc1c(C(=O)N(C)c2ccccc2)cc(B2OC(C)(C)C(C)(C)O2)n1C.